The van der Waals surface area contributed by atoms with Crippen molar-refractivity contribution in [1.29, 1.82) is 0 Å². The van der Waals surface area contributed by atoms with Crippen molar-refractivity contribution in [2.75, 3.05) is 6.54 Å². The van der Waals surface area contributed by atoms with E-state index in [1.165, 1.54) is 0 Å². The molecular weight excluding hydrogens is 280 g/mol. The van der Waals surface area contributed by atoms with Crippen molar-refractivity contribution >= 4 is 11.8 Å². The van der Waals surface area contributed by atoms with Crippen molar-refractivity contribution in [2.24, 2.45) is 5.41 Å². The van der Waals surface area contributed by atoms with Gasteiger partial charge in [-0.25, -0.2) is 4.79 Å². The lowest BCUT2D eigenvalue weighted by Crippen LogP contribution is -2.48. The first-order valence-electron chi connectivity index (χ1n) is 7.88. The van der Waals surface area contributed by atoms with Gasteiger partial charge >= 0.3 is 6.03 Å². The molecule has 3 fully saturated rings. The van der Waals surface area contributed by atoms with Crippen LogP contribution in [0, 0.1) is 5.41 Å². The Bertz CT molecular complexity index is 612. The minimum atomic E-state index is -0.267. The second-order valence-corrected chi connectivity index (χ2v) is 6.73. The molecule has 2 bridgehead atoms. The number of hydrogen-bond acceptors (Lipinski definition) is 3. The third-order valence-electron chi connectivity index (χ3n) is 5.34. The highest BCUT2D eigenvalue weighted by molar-refractivity contribution is 5.88. The number of piperidine rings is 1. The summed E-state index contributed by atoms with van der Waals surface area (Å²) in [6, 6.07) is 9.53. The topological polar surface area (TPSA) is 49.9 Å². The predicted molar refractivity (Wildman–Crippen MR) is 79.7 cm³/mol. The van der Waals surface area contributed by atoms with E-state index in [0.717, 1.165) is 24.8 Å². The van der Waals surface area contributed by atoms with E-state index in [0.29, 0.717) is 13.2 Å². The molecule has 0 radical (unpaired) electrons. The van der Waals surface area contributed by atoms with Crippen LogP contribution < -0.4 is 0 Å². The first-order valence-corrected chi connectivity index (χ1v) is 7.88. The lowest BCUT2D eigenvalue weighted by molar-refractivity contribution is -0.153. The van der Waals surface area contributed by atoms with Crippen molar-refractivity contribution in [3.8, 4) is 0 Å². The van der Waals surface area contributed by atoms with Crippen LogP contribution >= 0.6 is 0 Å². The molecule has 116 valence electrons. The molecule has 0 unspecified atom stereocenters. The fourth-order valence-corrected chi connectivity index (χ4v) is 3.86. The highest BCUT2D eigenvalue weighted by atomic mass is 16.7. The molecule has 1 aliphatic carbocycles. The van der Waals surface area contributed by atoms with E-state index < -0.39 is 0 Å². The van der Waals surface area contributed by atoms with Crippen LogP contribution in [0.2, 0.25) is 0 Å². The van der Waals surface area contributed by atoms with Gasteiger partial charge in [-0.05, 0) is 37.2 Å². The van der Waals surface area contributed by atoms with Crippen LogP contribution in [0.3, 0.4) is 0 Å². The number of carbonyl (C=O) groups excluding carboxylic acids is 2. The summed E-state index contributed by atoms with van der Waals surface area (Å²) in [5.74, 6) is 0.0861. The van der Waals surface area contributed by atoms with E-state index >= 15 is 0 Å². The number of carbonyl (C=O) groups is 2. The molecule has 5 heteroatoms. The Morgan fingerprint density at radius 3 is 2.68 bits per heavy atom. The summed E-state index contributed by atoms with van der Waals surface area (Å²) in [6.07, 6.45) is 2.98. The van der Waals surface area contributed by atoms with E-state index in [2.05, 4.69) is 0 Å². The largest absolute Gasteiger partial charge is 0.344 e. The Balaban J connectivity index is 1.54. The normalized spacial score (nSPS) is 28.3. The number of Topliss-reactive ketones (excluding diaryl/α,β-unsaturated/α-hetero) is 1. The first-order chi connectivity index (χ1) is 10.6. The summed E-state index contributed by atoms with van der Waals surface area (Å²) in [4.78, 5) is 32.0. The SMILES string of the molecule is CC(=O)[C@@H]1CC2(CC2)[C@@H]2CN1C(=O)N2OCc1ccccc1. The quantitative estimate of drug-likeness (QED) is 0.857. The molecule has 22 heavy (non-hydrogen) atoms. The third-order valence-corrected chi connectivity index (χ3v) is 5.34. The molecule has 4 rings (SSSR count). The van der Waals surface area contributed by atoms with E-state index in [4.69, 9.17) is 4.84 Å². The molecule has 0 aromatic heterocycles. The Hall–Kier alpha value is -1.88. The number of amides is 2. The van der Waals surface area contributed by atoms with E-state index in [1.54, 1.807) is 16.9 Å². The zero-order chi connectivity index (χ0) is 15.3. The number of benzene rings is 1. The summed E-state index contributed by atoms with van der Waals surface area (Å²) in [7, 11) is 0. The van der Waals surface area contributed by atoms with Gasteiger partial charge in [0.1, 0.15) is 6.61 Å². The van der Waals surface area contributed by atoms with Crippen LogP contribution in [-0.2, 0) is 16.2 Å². The molecule has 2 saturated heterocycles. The van der Waals surface area contributed by atoms with Crippen molar-refractivity contribution < 1.29 is 14.4 Å². The van der Waals surface area contributed by atoms with Gasteiger partial charge in [0.25, 0.3) is 0 Å². The highest BCUT2D eigenvalue weighted by Crippen LogP contribution is 2.59. The first kappa shape index (κ1) is 13.8. The van der Waals surface area contributed by atoms with E-state index in [-0.39, 0.29) is 29.3 Å². The number of fused-ring (bicyclic) bond motifs is 3. The Morgan fingerprint density at radius 1 is 1.32 bits per heavy atom. The number of rotatable bonds is 4. The minimum absolute atomic E-state index is 0.0861. The number of urea groups is 1. The lowest BCUT2D eigenvalue weighted by Gasteiger charge is -2.35. The van der Waals surface area contributed by atoms with Crippen LogP contribution in [0.15, 0.2) is 30.3 Å². The highest BCUT2D eigenvalue weighted by Gasteiger charge is 2.63. The average Bonchev–Trinajstić information content (AvgIpc) is 3.23. The summed E-state index contributed by atoms with van der Waals surface area (Å²) in [5, 5.41) is 1.54. The molecular formula is C17H20N2O3. The predicted octanol–water partition coefficient (Wildman–Crippen LogP) is 2.37. The Labute approximate surface area is 129 Å². The summed E-state index contributed by atoms with van der Waals surface area (Å²) < 4.78 is 0. The zero-order valence-electron chi connectivity index (χ0n) is 12.7. The minimum Gasteiger partial charge on any atom is -0.311 e. The van der Waals surface area contributed by atoms with Gasteiger partial charge in [-0.1, -0.05) is 30.3 Å². The average molecular weight is 300 g/mol. The van der Waals surface area contributed by atoms with Gasteiger partial charge < -0.3 is 4.90 Å². The van der Waals surface area contributed by atoms with Crippen LogP contribution in [-0.4, -0.2) is 40.4 Å². The molecule has 1 aromatic rings. The molecule has 2 amide bonds. The Kier molecular flexibility index (Phi) is 3.01. The van der Waals surface area contributed by atoms with Crippen molar-refractivity contribution in [1.82, 2.24) is 9.96 Å². The standard InChI is InChI=1S/C17H20N2O3/c1-12(20)14-9-17(7-8-17)15-10-18(14)16(21)19(15)22-11-13-5-3-2-4-6-13/h2-6,14-15H,7-11H2,1H3/t14-,15-/m0/s1. The second-order valence-electron chi connectivity index (χ2n) is 6.73. The van der Waals surface area contributed by atoms with Gasteiger partial charge in [-0.3, -0.25) is 9.63 Å². The number of hydroxylamine groups is 2. The molecule has 2 aliphatic heterocycles. The van der Waals surface area contributed by atoms with Crippen LogP contribution in [0.4, 0.5) is 4.79 Å². The van der Waals surface area contributed by atoms with Gasteiger partial charge in [0.05, 0.1) is 12.1 Å². The monoisotopic (exact) mass is 300 g/mol. The van der Waals surface area contributed by atoms with Crippen LogP contribution in [0.25, 0.3) is 0 Å². The van der Waals surface area contributed by atoms with Gasteiger partial charge in [-0.15, -0.1) is 0 Å². The number of ketones is 1. The summed E-state index contributed by atoms with van der Waals surface area (Å²) in [5.41, 5.74) is 1.15. The lowest BCUT2D eigenvalue weighted by atomic mass is 9.84. The number of nitrogens with zero attached hydrogens (tertiary/aromatic N) is 2. The van der Waals surface area contributed by atoms with Crippen molar-refractivity contribution in [3.05, 3.63) is 35.9 Å². The molecule has 5 nitrogen and oxygen atoms in total. The van der Waals surface area contributed by atoms with Gasteiger partial charge in [0.15, 0.2) is 5.78 Å². The molecule has 1 saturated carbocycles. The molecule has 1 aromatic carbocycles. The molecule has 2 heterocycles. The molecule has 0 N–H and O–H groups in total. The zero-order valence-corrected chi connectivity index (χ0v) is 12.7. The summed E-state index contributed by atoms with van der Waals surface area (Å²) in [6.45, 7) is 2.59. The third kappa shape index (κ3) is 2.03. The smallest absolute Gasteiger partial charge is 0.311 e. The maximum absolute atomic E-state index is 12.6. The second kappa shape index (κ2) is 4.81. The molecule has 2 atom stereocenters. The maximum atomic E-state index is 12.6. The van der Waals surface area contributed by atoms with E-state index in [1.807, 2.05) is 30.3 Å². The van der Waals surface area contributed by atoms with Crippen LogP contribution in [0.1, 0.15) is 31.7 Å². The number of hydrogen-bond donors (Lipinski definition) is 0. The maximum Gasteiger partial charge on any atom is 0.344 e. The van der Waals surface area contributed by atoms with Crippen LogP contribution in [0.5, 0.6) is 0 Å². The van der Waals surface area contributed by atoms with Gasteiger partial charge in [0.2, 0.25) is 0 Å². The van der Waals surface area contributed by atoms with Gasteiger partial charge in [-0.2, -0.15) is 5.06 Å². The fourth-order valence-electron chi connectivity index (χ4n) is 3.86. The molecule has 3 aliphatic rings. The fraction of sp³-hybridized carbons (Fsp3) is 0.529. The van der Waals surface area contributed by atoms with E-state index in [9.17, 15) is 9.59 Å². The van der Waals surface area contributed by atoms with Crippen molar-refractivity contribution in [2.45, 2.75) is 44.9 Å². The van der Waals surface area contributed by atoms with Crippen molar-refractivity contribution in [3.63, 3.8) is 0 Å². The Morgan fingerprint density at radius 2 is 2.05 bits per heavy atom. The summed E-state index contributed by atoms with van der Waals surface area (Å²) >= 11 is 0. The van der Waals surface area contributed by atoms with Gasteiger partial charge in [0, 0.05) is 6.54 Å². The molecule has 1 spiro atoms.